The second kappa shape index (κ2) is 5.49. The molecule has 1 N–H and O–H groups in total. The van der Waals surface area contributed by atoms with Crippen LogP contribution in [0.4, 0.5) is 0 Å². The highest BCUT2D eigenvalue weighted by atomic mass is 35.5. The van der Waals surface area contributed by atoms with Crippen LogP contribution in [0.15, 0.2) is 30.3 Å². The minimum atomic E-state index is -2.12. The van der Waals surface area contributed by atoms with E-state index in [1.54, 1.807) is 11.0 Å². The number of benzene rings is 2. The highest BCUT2D eigenvalue weighted by Gasteiger charge is 2.34. The molecule has 3 nitrogen and oxygen atoms in total. The third-order valence-corrected chi connectivity index (χ3v) is 4.66. The van der Waals surface area contributed by atoms with Crippen molar-refractivity contribution in [2.24, 2.45) is 0 Å². The van der Waals surface area contributed by atoms with Gasteiger partial charge in [-0.15, -0.1) is 12.4 Å². The molecular formula is C18H20ClNO2. The van der Waals surface area contributed by atoms with E-state index in [4.69, 9.17) is 8.85 Å². The first-order valence-corrected chi connectivity index (χ1v) is 7.19. The second-order valence-corrected chi connectivity index (χ2v) is 5.69. The number of phenols is 1. The first kappa shape index (κ1) is 11.8. The van der Waals surface area contributed by atoms with E-state index in [1.165, 1.54) is 12.7 Å². The van der Waals surface area contributed by atoms with E-state index >= 15 is 0 Å². The lowest BCUT2D eigenvalue weighted by atomic mass is 9.77. The van der Waals surface area contributed by atoms with Gasteiger partial charge in [-0.25, -0.2) is 0 Å². The predicted molar refractivity (Wildman–Crippen MR) is 90.1 cm³/mol. The van der Waals surface area contributed by atoms with E-state index in [9.17, 15) is 5.11 Å². The van der Waals surface area contributed by atoms with Crippen LogP contribution in [0.5, 0.6) is 11.5 Å². The summed E-state index contributed by atoms with van der Waals surface area (Å²) in [5, 5.41) is 10.6. The molecule has 0 spiro atoms. The molecule has 0 fully saturated rings. The van der Waals surface area contributed by atoms with Crippen LogP contribution in [0.25, 0.3) is 11.1 Å². The zero-order valence-electron chi connectivity index (χ0n) is 15.3. The van der Waals surface area contributed by atoms with Crippen LogP contribution in [0.3, 0.4) is 0 Å². The summed E-state index contributed by atoms with van der Waals surface area (Å²) in [4.78, 5) is 1.61. The summed E-state index contributed by atoms with van der Waals surface area (Å²) in [6.07, 6.45) is 1.29. The summed E-state index contributed by atoms with van der Waals surface area (Å²) >= 11 is 0. The first-order chi connectivity index (χ1) is 11.4. The summed E-state index contributed by atoms with van der Waals surface area (Å²) in [6, 6.07) is 9.49. The molecular weight excluding hydrogens is 298 g/mol. The summed E-state index contributed by atoms with van der Waals surface area (Å²) < 4.78 is 28.9. The van der Waals surface area contributed by atoms with Crippen molar-refractivity contribution in [2.45, 2.75) is 18.9 Å². The lowest BCUT2D eigenvalue weighted by molar-refractivity contribution is 0.228. The maximum atomic E-state index is 10.6. The molecule has 0 aromatic heterocycles. The highest BCUT2D eigenvalue weighted by molar-refractivity contribution is 5.85. The van der Waals surface area contributed by atoms with Crippen molar-refractivity contribution in [3.05, 3.63) is 47.0 Å². The number of halogens is 1. The van der Waals surface area contributed by atoms with Crippen LogP contribution < -0.4 is 4.74 Å². The van der Waals surface area contributed by atoms with Gasteiger partial charge < -0.3 is 9.84 Å². The van der Waals surface area contributed by atoms with E-state index in [2.05, 4.69) is 6.07 Å². The lowest BCUT2D eigenvalue weighted by Gasteiger charge is -2.39. The maximum absolute atomic E-state index is 10.6. The molecule has 4 heteroatoms. The standard InChI is InChI=1S/C18H19NO2.ClH/c1-19-9-8-11-4-3-5-13-16(11)14(19)10-12-6-7-15(21-2)18(20)17(12)13;/h3-7,14,20H,8-10H2,1-2H3;1H/t14-;/m1./s1/i1D3;. The number of aromatic hydroxyl groups is 1. The molecule has 0 saturated carbocycles. The number of fused-ring (bicyclic) bond motifs is 2. The second-order valence-electron chi connectivity index (χ2n) is 5.69. The van der Waals surface area contributed by atoms with Gasteiger partial charge in [-0.2, -0.15) is 0 Å². The fraction of sp³-hybridized carbons (Fsp3) is 0.333. The Kier molecular flexibility index (Phi) is 2.94. The molecule has 2 aromatic rings. The van der Waals surface area contributed by atoms with Crippen LogP contribution in [-0.4, -0.2) is 30.6 Å². The third kappa shape index (κ3) is 2.00. The van der Waals surface area contributed by atoms with Gasteiger partial charge in [-0.1, -0.05) is 24.3 Å². The van der Waals surface area contributed by atoms with Crippen LogP contribution in [0.2, 0.25) is 0 Å². The fourth-order valence-electron chi connectivity index (χ4n) is 3.66. The maximum Gasteiger partial charge on any atom is 0.165 e. The van der Waals surface area contributed by atoms with Crippen LogP contribution in [-0.2, 0) is 12.8 Å². The van der Waals surface area contributed by atoms with E-state index in [0.29, 0.717) is 25.1 Å². The number of likely N-dealkylation sites (N-methyl/N-ethyl adjacent to an activating group) is 1. The molecule has 0 radical (unpaired) electrons. The number of hydrogen-bond acceptors (Lipinski definition) is 3. The van der Waals surface area contributed by atoms with Crippen molar-refractivity contribution in [2.75, 3.05) is 20.6 Å². The SMILES string of the molecule is Cl.[2H]C([2H])([2H])N1CCc2cccc3c2[C@H]1Cc1ccc(OC)c(O)c1-3. The molecule has 1 heterocycles. The van der Waals surface area contributed by atoms with Gasteiger partial charge in [0.1, 0.15) is 0 Å². The number of rotatable bonds is 1. The summed E-state index contributed by atoms with van der Waals surface area (Å²) in [7, 11) is 1.53. The fourth-order valence-corrected chi connectivity index (χ4v) is 3.66. The van der Waals surface area contributed by atoms with Gasteiger partial charge in [-0.3, -0.25) is 4.90 Å². The van der Waals surface area contributed by atoms with Gasteiger partial charge in [0.25, 0.3) is 0 Å². The zero-order chi connectivity index (χ0) is 17.1. The van der Waals surface area contributed by atoms with Gasteiger partial charge in [0, 0.05) is 22.3 Å². The molecule has 0 saturated heterocycles. The van der Waals surface area contributed by atoms with Gasteiger partial charge in [-0.05, 0) is 48.1 Å². The van der Waals surface area contributed by atoms with E-state index in [0.717, 1.165) is 22.3 Å². The topological polar surface area (TPSA) is 32.7 Å². The molecule has 0 bridgehead atoms. The summed E-state index contributed by atoms with van der Waals surface area (Å²) in [6.45, 7) is -1.60. The largest absolute Gasteiger partial charge is 0.504 e. The molecule has 2 aromatic carbocycles. The van der Waals surface area contributed by atoms with E-state index in [-0.39, 0.29) is 24.2 Å². The van der Waals surface area contributed by atoms with E-state index < -0.39 is 6.98 Å². The minimum Gasteiger partial charge on any atom is -0.504 e. The Balaban J connectivity index is 0.00000182. The Morgan fingerprint density at radius 3 is 2.91 bits per heavy atom. The average Bonchev–Trinajstić information content (AvgIpc) is 2.54. The van der Waals surface area contributed by atoms with Crippen LogP contribution >= 0.6 is 12.4 Å². The number of nitrogens with zero attached hydrogens (tertiary/aromatic N) is 1. The van der Waals surface area contributed by atoms with Crippen molar-refractivity contribution < 1.29 is 14.0 Å². The number of methoxy groups -OCH3 is 1. The number of hydrogen-bond donors (Lipinski definition) is 1. The molecule has 22 heavy (non-hydrogen) atoms. The molecule has 2 aliphatic rings. The van der Waals surface area contributed by atoms with Crippen molar-refractivity contribution in [3.63, 3.8) is 0 Å². The molecule has 1 aliphatic carbocycles. The Hall–Kier alpha value is -1.71. The molecule has 116 valence electrons. The number of phenolic OH excluding ortho intramolecular Hbond substituents is 1. The van der Waals surface area contributed by atoms with Crippen molar-refractivity contribution in [1.82, 2.24) is 4.90 Å². The summed E-state index contributed by atoms with van der Waals surface area (Å²) in [5.74, 6) is 0.571. The van der Waals surface area contributed by atoms with Gasteiger partial charge in [0.2, 0.25) is 0 Å². The average molecular weight is 321 g/mol. The van der Waals surface area contributed by atoms with Gasteiger partial charge >= 0.3 is 0 Å². The Morgan fingerprint density at radius 2 is 2.14 bits per heavy atom. The van der Waals surface area contributed by atoms with Crippen molar-refractivity contribution in [3.8, 4) is 22.6 Å². The lowest BCUT2D eigenvalue weighted by Crippen LogP contribution is -2.35. The third-order valence-electron chi connectivity index (χ3n) is 4.66. The predicted octanol–water partition coefficient (Wildman–Crippen LogP) is 3.57. The normalized spacial score (nSPS) is 21.5. The van der Waals surface area contributed by atoms with Gasteiger partial charge in [0.05, 0.1) is 7.11 Å². The Morgan fingerprint density at radius 1 is 1.27 bits per heavy atom. The Labute approximate surface area is 141 Å². The molecule has 4 rings (SSSR count). The minimum absolute atomic E-state index is 0. The monoisotopic (exact) mass is 320 g/mol. The van der Waals surface area contributed by atoms with Crippen LogP contribution in [0, 0.1) is 0 Å². The van der Waals surface area contributed by atoms with Crippen molar-refractivity contribution >= 4 is 12.4 Å². The highest BCUT2D eigenvalue weighted by Crippen LogP contribution is 2.50. The van der Waals surface area contributed by atoms with E-state index in [1.807, 2.05) is 18.2 Å². The van der Waals surface area contributed by atoms with Crippen molar-refractivity contribution in [1.29, 1.82) is 0 Å². The first-order valence-electron chi connectivity index (χ1n) is 8.69. The number of ether oxygens (including phenoxy) is 1. The summed E-state index contributed by atoms with van der Waals surface area (Å²) in [5.41, 5.74) is 4.86. The van der Waals surface area contributed by atoms with Crippen LogP contribution in [0.1, 0.15) is 26.8 Å². The Bertz CT molecular complexity index is 823. The molecule has 1 aliphatic heterocycles. The molecule has 0 unspecified atom stereocenters. The zero-order valence-corrected chi connectivity index (χ0v) is 13.1. The molecule has 1 atom stereocenters. The molecule has 0 amide bonds. The quantitative estimate of drug-likeness (QED) is 0.872. The van der Waals surface area contributed by atoms with Gasteiger partial charge in [0.15, 0.2) is 11.5 Å². The smallest absolute Gasteiger partial charge is 0.165 e.